The highest BCUT2D eigenvalue weighted by Crippen LogP contribution is 2.42. The fourth-order valence-corrected chi connectivity index (χ4v) is 4.89. The van der Waals surface area contributed by atoms with Gasteiger partial charge in [0.05, 0.1) is 9.74 Å². The lowest BCUT2D eigenvalue weighted by Crippen LogP contribution is -2.01. The fraction of sp³-hybridized carbons (Fsp3) is 0.0870. The first kappa shape index (κ1) is 18.4. The number of thiophene rings is 1. The molecule has 0 spiro atoms. The molecule has 0 aliphatic rings. The molecular weight excluding hydrogens is 436 g/mol. The summed E-state index contributed by atoms with van der Waals surface area (Å²) in [6, 6.07) is 22.6. The Bertz CT molecular complexity index is 1140. The summed E-state index contributed by atoms with van der Waals surface area (Å²) in [6.07, 6.45) is 0. The Balaban J connectivity index is 1.87. The fourth-order valence-electron chi connectivity index (χ4n) is 3.00. The van der Waals surface area contributed by atoms with Crippen molar-refractivity contribution in [2.75, 3.05) is 0 Å². The second-order valence-electron chi connectivity index (χ2n) is 6.46. The third-order valence-corrected chi connectivity index (χ3v) is 6.66. The Morgan fingerprint density at radius 3 is 2.44 bits per heavy atom. The number of thiocarbonyl (C=S) groups is 1. The molecule has 4 rings (SSSR count). The summed E-state index contributed by atoms with van der Waals surface area (Å²) < 4.78 is 8.55. The summed E-state index contributed by atoms with van der Waals surface area (Å²) in [6.45, 7) is 4.20. The van der Waals surface area contributed by atoms with Crippen molar-refractivity contribution in [1.82, 2.24) is 0 Å². The molecule has 0 radical (unpaired) electrons. The van der Waals surface area contributed by atoms with Crippen molar-refractivity contribution >= 4 is 54.4 Å². The molecule has 0 N–H and O–H groups in total. The van der Waals surface area contributed by atoms with Crippen molar-refractivity contribution in [3.05, 3.63) is 92.8 Å². The Hall–Kier alpha value is -2.01. The number of benzene rings is 3. The smallest absolute Gasteiger partial charge is 0.154 e. The van der Waals surface area contributed by atoms with Crippen LogP contribution in [-0.4, -0.2) is 4.86 Å². The van der Waals surface area contributed by atoms with Gasteiger partial charge in [-0.3, -0.25) is 0 Å². The quantitative estimate of drug-likeness (QED) is 0.230. The summed E-state index contributed by atoms with van der Waals surface area (Å²) in [5, 5.41) is 1.10. The van der Waals surface area contributed by atoms with Gasteiger partial charge in [-0.1, -0.05) is 58.5 Å². The van der Waals surface area contributed by atoms with Crippen LogP contribution < -0.4 is 4.74 Å². The number of hydrogen-bond acceptors (Lipinski definition) is 3. The molecule has 1 aromatic heterocycles. The van der Waals surface area contributed by atoms with Gasteiger partial charge in [-0.05, 0) is 66.9 Å². The van der Waals surface area contributed by atoms with Gasteiger partial charge in [0, 0.05) is 14.6 Å². The minimum Gasteiger partial charge on any atom is -0.455 e. The molecule has 0 unspecified atom stereocenters. The van der Waals surface area contributed by atoms with Crippen molar-refractivity contribution in [1.29, 1.82) is 0 Å². The molecule has 0 saturated heterocycles. The standard InChI is InChI=1S/C23H17BrOS2/c1-14-7-12-19-20(13-14)27-23(22(26)18-6-4-3-5-15(18)2)21(19)25-17-10-8-16(24)9-11-17/h3-13H,1-2H3. The molecule has 1 nitrogen and oxygen atoms in total. The number of halogens is 1. The van der Waals surface area contributed by atoms with Gasteiger partial charge < -0.3 is 4.74 Å². The van der Waals surface area contributed by atoms with Crippen LogP contribution >= 0.6 is 39.5 Å². The van der Waals surface area contributed by atoms with Crippen molar-refractivity contribution in [2.24, 2.45) is 0 Å². The Morgan fingerprint density at radius 2 is 1.70 bits per heavy atom. The Morgan fingerprint density at radius 1 is 0.963 bits per heavy atom. The lowest BCUT2D eigenvalue weighted by molar-refractivity contribution is 0.489. The van der Waals surface area contributed by atoms with Gasteiger partial charge in [0.1, 0.15) is 5.75 Å². The molecule has 0 atom stereocenters. The van der Waals surface area contributed by atoms with Gasteiger partial charge >= 0.3 is 0 Å². The molecule has 0 aliphatic heterocycles. The normalized spacial score (nSPS) is 10.9. The van der Waals surface area contributed by atoms with Crippen molar-refractivity contribution in [3.8, 4) is 11.5 Å². The maximum atomic E-state index is 6.34. The van der Waals surface area contributed by atoms with E-state index in [-0.39, 0.29) is 0 Å². The van der Waals surface area contributed by atoms with E-state index in [1.807, 2.05) is 36.4 Å². The zero-order valence-electron chi connectivity index (χ0n) is 15.0. The lowest BCUT2D eigenvalue weighted by atomic mass is 10.0. The summed E-state index contributed by atoms with van der Waals surface area (Å²) in [4.78, 5) is 1.84. The SMILES string of the molecule is Cc1ccc2c(Oc3ccc(Br)cc3)c(C(=S)c3ccccc3C)sc2c1. The van der Waals surface area contributed by atoms with Gasteiger partial charge in [-0.15, -0.1) is 11.3 Å². The van der Waals surface area contributed by atoms with Crippen LogP contribution in [0.15, 0.2) is 71.2 Å². The molecular formula is C23H17BrOS2. The first-order valence-corrected chi connectivity index (χ1v) is 10.6. The monoisotopic (exact) mass is 452 g/mol. The third kappa shape index (κ3) is 3.70. The highest BCUT2D eigenvalue weighted by Gasteiger charge is 2.20. The predicted octanol–water partition coefficient (Wildman–Crippen LogP) is 7.84. The summed E-state index contributed by atoms with van der Waals surface area (Å²) >= 11 is 11.1. The number of rotatable bonds is 4. The lowest BCUT2D eigenvalue weighted by Gasteiger charge is -2.10. The third-order valence-electron chi connectivity index (χ3n) is 4.43. The maximum Gasteiger partial charge on any atom is 0.154 e. The van der Waals surface area contributed by atoms with Gasteiger partial charge in [-0.25, -0.2) is 0 Å². The Kier molecular flexibility index (Phi) is 5.13. The molecule has 3 aromatic carbocycles. The van der Waals surface area contributed by atoms with Crippen LogP contribution in [0.5, 0.6) is 11.5 Å². The van der Waals surface area contributed by atoms with Crippen LogP contribution in [-0.2, 0) is 0 Å². The molecule has 134 valence electrons. The molecule has 0 fully saturated rings. The number of hydrogen-bond donors (Lipinski definition) is 0. The Labute approximate surface area is 176 Å². The van der Waals surface area contributed by atoms with Crippen molar-refractivity contribution in [3.63, 3.8) is 0 Å². The van der Waals surface area contributed by atoms with Crippen LogP contribution in [0.3, 0.4) is 0 Å². The van der Waals surface area contributed by atoms with E-state index in [1.165, 1.54) is 15.8 Å². The molecule has 0 bridgehead atoms. The molecule has 4 heteroatoms. The van der Waals surface area contributed by atoms with Crippen LogP contribution in [0.1, 0.15) is 21.6 Å². The first-order valence-electron chi connectivity index (χ1n) is 8.60. The van der Waals surface area contributed by atoms with Crippen molar-refractivity contribution < 1.29 is 4.74 Å². The van der Waals surface area contributed by atoms with E-state index < -0.39 is 0 Å². The average Bonchev–Trinajstić information content (AvgIpc) is 3.01. The van der Waals surface area contributed by atoms with Gasteiger partial charge in [0.15, 0.2) is 5.75 Å². The van der Waals surface area contributed by atoms with Crippen LogP contribution in [0.2, 0.25) is 0 Å². The minimum absolute atomic E-state index is 0.798. The van der Waals surface area contributed by atoms with E-state index in [2.05, 4.69) is 60.1 Å². The molecule has 0 saturated carbocycles. The summed E-state index contributed by atoms with van der Waals surface area (Å²) in [7, 11) is 0. The second-order valence-corrected chi connectivity index (χ2v) is 8.84. The van der Waals surface area contributed by atoms with E-state index in [4.69, 9.17) is 17.0 Å². The van der Waals surface area contributed by atoms with Crippen LogP contribution in [0, 0.1) is 13.8 Å². The zero-order valence-corrected chi connectivity index (χ0v) is 18.2. The maximum absolute atomic E-state index is 6.34. The number of ether oxygens (including phenoxy) is 1. The van der Waals surface area contributed by atoms with Gasteiger partial charge in [0.2, 0.25) is 0 Å². The zero-order chi connectivity index (χ0) is 19.0. The second kappa shape index (κ2) is 7.55. The van der Waals surface area contributed by atoms with E-state index in [0.717, 1.165) is 36.7 Å². The molecule has 4 aromatic rings. The summed E-state index contributed by atoms with van der Waals surface area (Å²) in [5.41, 5.74) is 3.48. The molecule has 1 heterocycles. The van der Waals surface area contributed by atoms with E-state index in [1.54, 1.807) is 11.3 Å². The topological polar surface area (TPSA) is 9.23 Å². The van der Waals surface area contributed by atoms with E-state index >= 15 is 0 Å². The van der Waals surface area contributed by atoms with E-state index in [0.29, 0.717) is 0 Å². The van der Waals surface area contributed by atoms with Crippen molar-refractivity contribution in [2.45, 2.75) is 13.8 Å². The number of fused-ring (bicyclic) bond motifs is 1. The highest BCUT2D eigenvalue weighted by atomic mass is 79.9. The minimum atomic E-state index is 0.798. The number of aryl methyl sites for hydroxylation is 2. The van der Waals surface area contributed by atoms with E-state index in [9.17, 15) is 0 Å². The molecule has 27 heavy (non-hydrogen) atoms. The molecule has 0 aliphatic carbocycles. The highest BCUT2D eigenvalue weighted by molar-refractivity contribution is 9.10. The predicted molar refractivity (Wildman–Crippen MR) is 123 cm³/mol. The van der Waals surface area contributed by atoms with Gasteiger partial charge in [-0.2, -0.15) is 0 Å². The van der Waals surface area contributed by atoms with Gasteiger partial charge in [0.25, 0.3) is 0 Å². The molecule has 0 amide bonds. The summed E-state index contributed by atoms with van der Waals surface area (Å²) in [5.74, 6) is 1.64. The van der Waals surface area contributed by atoms with Crippen LogP contribution in [0.4, 0.5) is 0 Å². The van der Waals surface area contributed by atoms with Crippen LogP contribution in [0.25, 0.3) is 10.1 Å². The first-order chi connectivity index (χ1) is 13.0. The average molecular weight is 453 g/mol. The largest absolute Gasteiger partial charge is 0.455 e.